The minimum atomic E-state index is -0.460. The van der Waals surface area contributed by atoms with E-state index in [0.29, 0.717) is 6.54 Å². The van der Waals surface area contributed by atoms with Crippen LogP contribution in [-0.2, 0) is 4.79 Å². The van der Waals surface area contributed by atoms with Crippen LogP contribution in [0.4, 0.5) is 4.79 Å². The molecule has 5 heteroatoms. The zero-order valence-electron chi connectivity index (χ0n) is 8.84. The normalized spacial score (nSPS) is 10.1. The zero-order valence-corrected chi connectivity index (χ0v) is 9.60. The third kappa shape index (κ3) is 4.46. The fourth-order valence-electron chi connectivity index (χ4n) is 1.06. The molecular weight excluding hydrogens is 204 g/mol. The molecule has 0 radical (unpaired) electrons. The van der Waals surface area contributed by atoms with Crippen molar-refractivity contribution in [3.8, 4) is 0 Å². The molecule has 0 aliphatic carbocycles. The van der Waals surface area contributed by atoms with Gasteiger partial charge in [-0.3, -0.25) is 10.1 Å². The van der Waals surface area contributed by atoms with Crippen LogP contribution in [0.25, 0.3) is 0 Å². The Hall–Kier alpha value is -0.770. The number of urea groups is 1. The number of hydrogen-bond donors (Lipinski definition) is 1. The Labute approximate surface area is 89.6 Å². The lowest BCUT2D eigenvalue weighted by atomic mass is 10.3. The molecule has 0 aliphatic rings. The van der Waals surface area contributed by atoms with Gasteiger partial charge >= 0.3 is 6.03 Å². The fraction of sp³-hybridized carbons (Fsp3) is 0.778. The highest BCUT2D eigenvalue weighted by molar-refractivity contribution is 6.28. The van der Waals surface area contributed by atoms with Gasteiger partial charge in [0.1, 0.15) is 5.88 Å². The van der Waals surface area contributed by atoms with Crippen molar-refractivity contribution in [3.63, 3.8) is 0 Å². The van der Waals surface area contributed by atoms with Gasteiger partial charge in [0.2, 0.25) is 5.91 Å². The number of rotatable bonds is 4. The van der Waals surface area contributed by atoms with Crippen LogP contribution in [0, 0.1) is 0 Å². The number of alkyl halides is 1. The molecule has 0 atom stereocenters. The third-order valence-corrected chi connectivity index (χ3v) is 1.96. The summed E-state index contributed by atoms with van der Waals surface area (Å²) >= 11 is 5.27. The van der Waals surface area contributed by atoms with E-state index in [9.17, 15) is 9.59 Å². The lowest BCUT2D eigenvalue weighted by molar-refractivity contribution is -0.117. The lowest BCUT2D eigenvalue weighted by Gasteiger charge is -2.25. The van der Waals surface area contributed by atoms with E-state index in [0.717, 1.165) is 6.42 Å². The van der Waals surface area contributed by atoms with Gasteiger partial charge < -0.3 is 4.90 Å². The first kappa shape index (κ1) is 13.2. The van der Waals surface area contributed by atoms with Gasteiger partial charge in [-0.2, -0.15) is 0 Å². The average Bonchev–Trinajstić information content (AvgIpc) is 2.13. The predicted molar refractivity (Wildman–Crippen MR) is 56.4 cm³/mol. The summed E-state index contributed by atoms with van der Waals surface area (Å²) in [4.78, 5) is 23.9. The van der Waals surface area contributed by atoms with Crippen LogP contribution in [-0.4, -0.2) is 35.3 Å². The molecule has 82 valence electrons. The molecule has 0 aromatic rings. The zero-order chi connectivity index (χ0) is 11.1. The molecule has 0 fully saturated rings. The van der Waals surface area contributed by atoms with Crippen LogP contribution in [0.15, 0.2) is 0 Å². The summed E-state index contributed by atoms with van der Waals surface area (Å²) in [7, 11) is 0. The van der Waals surface area contributed by atoms with Crippen molar-refractivity contribution in [1.29, 1.82) is 0 Å². The van der Waals surface area contributed by atoms with E-state index in [4.69, 9.17) is 11.6 Å². The Morgan fingerprint density at radius 2 is 2.00 bits per heavy atom. The molecule has 3 amide bonds. The third-order valence-electron chi connectivity index (χ3n) is 1.72. The van der Waals surface area contributed by atoms with Gasteiger partial charge in [0, 0.05) is 12.6 Å². The maximum atomic E-state index is 11.5. The monoisotopic (exact) mass is 220 g/mol. The number of nitrogens with one attached hydrogen (secondary N) is 1. The molecule has 0 heterocycles. The Bertz CT molecular complexity index is 207. The van der Waals surface area contributed by atoms with Gasteiger partial charge in [0.05, 0.1) is 0 Å². The summed E-state index contributed by atoms with van der Waals surface area (Å²) in [6.07, 6.45) is 0.862. The van der Waals surface area contributed by atoms with Gasteiger partial charge in [-0.05, 0) is 20.3 Å². The number of carbonyl (C=O) groups excluding carboxylic acids is 2. The van der Waals surface area contributed by atoms with E-state index in [1.54, 1.807) is 4.90 Å². The lowest BCUT2D eigenvalue weighted by Crippen LogP contribution is -2.46. The largest absolute Gasteiger partial charge is 0.324 e. The van der Waals surface area contributed by atoms with Crippen molar-refractivity contribution in [3.05, 3.63) is 0 Å². The highest BCUT2D eigenvalue weighted by Crippen LogP contribution is 2.00. The Balaban J connectivity index is 4.22. The van der Waals surface area contributed by atoms with Gasteiger partial charge in [-0.25, -0.2) is 4.79 Å². The summed E-state index contributed by atoms with van der Waals surface area (Å²) < 4.78 is 0. The molecule has 0 aromatic carbocycles. The number of carbonyl (C=O) groups is 2. The van der Waals surface area contributed by atoms with Crippen LogP contribution < -0.4 is 5.32 Å². The van der Waals surface area contributed by atoms with Crippen molar-refractivity contribution in [1.82, 2.24) is 10.2 Å². The van der Waals surface area contributed by atoms with Gasteiger partial charge in [0.25, 0.3) is 0 Å². The summed E-state index contributed by atoms with van der Waals surface area (Å²) in [6, 6.07) is -0.287. The first-order chi connectivity index (χ1) is 6.52. The quantitative estimate of drug-likeness (QED) is 0.732. The standard InChI is InChI=1S/C9H17ClN2O2/c1-4-5-12(7(2)3)9(14)11-8(13)6-10/h7H,4-6H2,1-3H3,(H,11,13,14). The summed E-state index contributed by atoms with van der Waals surface area (Å²) in [5, 5.41) is 2.21. The highest BCUT2D eigenvalue weighted by Gasteiger charge is 2.17. The van der Waals surface area contributed by atoms with Crippen LogP contribution in [0.5, 0.6) is 0 Å². The Morgan fingerprint density at radius 1 is 1.43 bits per heavy atom. The SMILES string of the molecule is CCCN(C(=O)NC(=O)CCl)C(C)C. The highest BCUT2D eigenvalue weighted by atomic mass is 35.5. The summed E-state index contributed by atoms with van der Waals surface area (Å²) in [5.41, 5.74) is 0. The van der Waals surface area contributed by atoms with Crippen molar-refractivity contribution < 1.29 is 9.59 Å². The molecule has 0 unspecified atom stereocenters. The molecule has 1 N–H and O–H groups in total. The van der Waals surface area contributed by atoms with Crippen molar-refractivity contribution in [2.45, 2.75) is 33.2 Å². The van der Waals surface area contributed by atoms with Crippen LogP contribution in [0.2, 0.25) is 0 Å². The molecule has 0 rings (SSSR count). The van der Waals surface area contributed by atoms with Crippen LogP contribution >= 0.6 is 11.6 Å². The topological polar surface area (TPSA) is 49.4 Å². The van der Waals surface area contributed by atoms with E-state index in [2.05, 4.69) is 5.32 Å². The number of hydrogen-bond acceptors (Lipinski definition) is 2. The van der Waals surface area contributed by atoms with Gasteiger partial charge in [-0.15, -0.1) is 11.6 Å². The first-order valence-corrected chi connectivity index (χ1v) is 5.22. The number of imide groups is 1. The van der Waals surface area contributed by atoms with E-state index in [1.807, 2.05) is 20.8 Å². The first-order valence-electron chi connectivity index (χ1n) is 4.69. The second-order valence-electron chi connectivity index (χ2n) is 3.27. The molecule has 0 aliphatic heterocycles. The van der Waals surface area contributed by atoms with Crippen molar-refractivity contribution in [2.24, 2.45) is 0 Å². The van der Waals surface area contributed by atoms with Crippen molar-refractivity contribution >= 4 is 23.5 Å². The van der Waals surface area contributed by atoms with E-state index in [-0.39, 0.29) is 18.0 Å². The van der Waals surface area contributed by atoms with Crippen molar-refractivity contribution in [2.75, 3.05) is 12.4 Å². The molecule has 0 aromatic heterocycles. The molecule has 14 heavy (non-hydrogen) atoms. The summed E-state index contributed by atoms with van der Waals surface area (Å²) in [5.74, 6) is -0.650. The van der Waals surface area contributed by atoms with Crippen LogP contribution in [0.3, 0.4) is 0 Å². The van der Waals surface area contributed by atoms with E-state index in [1.165, 1.54) is 0 Å². The second kappa shape index (κ2) is 6.65. The fourth-order valence-corrected chi connectivity index (χ4v) is 1.13. The molecule has 0 saturated carbocycles. The summed E-state index contributed by atoms with van der Waals surface area (Å²) in [6.45, 7) is 6.42. The molecular formula is C9H17ClN2O2. The molecule has 0 spiro atoms. The number of halogens is 1. The Morgan fingerprint density at radius 3 is 2.36 bits per heavy atom. The molecule has 0 saturated heterocycles. The van der Waals surface area contributed by atoms with Gasteiger partial charge in [0.15, 0.2) is 0 Å². The Kier molecular flexibility index (Phi) is 6.28. The predicted octanol–water partition coefficient (Wildman–Crippen LogP) is 1.58. The van der Waals surface area contributed by atoms with Gasteiger partial charge in [-0.1, -0.05) is 6.92 Å². The minimum Gasteiger partial charge on any atom is -0.322 e. The number of nitrogens with zero attached hydrogens (tertiary/aromatic N) is 1. The maximum absolute atomic E-state index is 11.5. The molecule has 4 nitrogen and oxygen atoms in total. The maximum Gasteiger partial charge on any atom is 0.324 e. The van der Waals surface area contributed by atoms with E-state index >= 15 is 0 Å². The smallest absolute Gasteiger partial charge is 0.322 e. The minimum absolute atomic E-state index is 0.0816. The second-order valence-corrected chi connectivity index (χ2v) is 3.54. The van der Waals surface area contributed by atoms with Crippen LogP contribution in [0.1, 0.15) is 27.2 Å². The number of amides is 3. The average molecular weight is 221 g/mol. The van der Waals surface area contributed by atoms with E-state index < -0.39 is 5.91 Å². The molecule has 0 bridgehead atoms.